The molecule has 0 bridgehead atoms. The summed E-state index contributed by atoms with van der Waals surface area (Å²) in [5.74, 6) is -0.591. The molecule has 0 saturated carbocycles. The molecule has 0 spiro atoms. The number of nitrogens with zero attached hydrogens (tertiary/aromatic N) is 1. The molecule has 2 rings (SSSR count). The molecule has 0 heterocycles. The van der Waals surface area contributed by atoms with Crippen molar-refractivity contribution < 1.29 is 9.72 Å². The predicted octanol–water partition coefficient (Wildman–Crippen LogP) is 4.34. The van der Waals surface area contributed by atoms with Crippen LogP contribution in [0.3, 0.4) is 0 Å². The zero-order valence-electron chi connectivity index (χ0n) is 12.3. The van der Waals surface area contributed by atoms with Gasteiger partial charge in [-0.1, -0.05) is 29.3 Å². The fourth-order valence-corrected chi connectivity index (χ4v) is 2.43. The van der Waals surface area contributed by atoms with Crippen molar-refractivity contribution in [2.45, 2.75) is 6.92 Å². The third-order valence-electron chi connectivity index (χ3n) is 3.15. The minimum atomic E-state index is -0.662. The van der Waals surface area contributed by atoms with Crippen LogP contribution in [0, 0.1) is 17.0 Å². The summed E-state index contributed by atoms with van der Waals surface area (Å²) in [5.41, 5.74) is 1.14. The highest BCUT2D eigenvalue weighted by Crippen LogP contribution is 2.25. The van der Waals surface area contributed by atoms with E-state index in [9.17, 15) is 14.9 Å². The minimum Gasteiger partial charge on any atom is -0.332 e. The molecule has 0 fully saturated rings. The molecule has 0 aliphatic rings. The average Bonchev–Trinajstić information content (AvgIpc) is 2.51. The van der Waals surface area contributed by atoms with Crippen molar-refractivity contribution in [1.82, 2.24) is 5.32 Å². The number of carbonyl (C=O) groups excluding carboxylic acids is 1. The van der Waals surface area contributed by atoms with Gasteiger partial charge in [0.05, 0.1) is 4.92 Å². The second kappa shape index (κ2) is 7.57. The van der Waals surface area contributed by atoms with Crippen molar-refractivity contribution >= 4 is 57.8 Å². The number of nitrogens with one attached hydrogen (secondary N) is 2. The van der Waals surface area contributed by atoms with Gasteiger partial charge in [0.15, 0.2) is 5.11 Å². The molecule has 9 heteroatoms. The van der Waals surface area contributed by atoms with E-state index >= 15 is 0 Å². The number of thiocarbonyl (C=S) groups is 1. The molecule has 0 atom stereocenters. The Labute approximate surface area is 152 Å². The Morgan fingerprint density at radius 2 is 1.92 bits per heavy atom. The third kappa shape index (κ3) is 4.19. The molecule has 2 aromatic rings. The maximum absolute atomic E-state index is 12.2. The molecule has 1 amide bonds. The van der Waals surface area contributed by atoms with E-state index in [1.807, 2.05) is 0 Å². The predicted molar refractivity (Wildman–Crippen MR) is 98.0 cm³/mol. The fraction of sp³-hybridized carbons (Fsp3) is 0.0667. The molecular weight excluding hydrogens is 373 g/mol. The van der Waals surface area contributed by atoms with Crippen LogP contribution in [0.15, 0.2) is 36.4 Å². The van der Waals surface area contributed by atoms with Crippen molar-refractivity contribution in [1.29, 1.82) is 0 Å². The van der Waals surface area contributed by atoms with E-state index in [0.717, 1.165) is 11.6 Å². The third-order valence-corrected chi connectivity index (χ3v) is 4.08. The standard InChI is InChI=1S/C15H11Cl2N3O3S/c1-8-10(16)3-2-4-12(8)18-15(24)19-14(21)9-5-6-11(17)13(7-9)20(22)23/h2-7H,1H3,(H2,18,19,21,24). The molecule has 0 aliphatic carbocycles. The molecule has 6 nitrogen and oxygen atoms in total. The first-order valence-corrected chi connectivity index (χ1v) is 7.77. The Morgan fingerprint density at radius 1 is 1.21 bits per heavy atom. The van der Waals surface area contributed by atoms with E-state index < -0.39 is 10.8 Å². The number of amides is 1. The highest BCUT2D eigenvalue weighted by Gasteiger charge is 2.17. The lowest BCUT2D eigenvalue weighted by molar-refractivity contribution is -0.384. The van der Waals surface area contributed by atoms with Gasteiger partial charge in [-0.2, -0.15) is 0 Å². The van der Waals surface area contributed by atoms with Crippen LogP contribution < -0.4 is 10.6 Å². The van der Waals surface area contributed by atoms with E-state index in [2.05, 4.69) is 10.6 Å². The lowest BCUT2D eigenvalue weighted by Crippen LogP contribution is -2.34. The van der Waals surface area contributed by atoms with E-state index in [4.69, 9.17) is 35.4 Å². The number of anilines is 1. The number of carbonyl (C=O) groups is 1. The van der Waals surface area contributed by atoms with Crippen LogP contribution in [0.2, 0.25) is 10.0 Å². The van der Waals surface area contributed by atoms with Crippen molar-refractivity contribution in [2.24, 2.45) is 0 Å². The van der Waals surface area contributed by atoms with E-state index in [0.29, 0.717) is 10.7 Å². The van der Waals surface area contributed by atoms with Crippen molar-refractivity contribution in [2.75, 3.05) is 5.32 Å². The van der Waals surface area contributed by atoms with Crippen LogP contribution in [0.25, 0.3) is 0 Å². The van der Waals surface area contributed by atoms with Gasteiger partial charge < -0.3 is 5.32 Å². The van der Waals surface area contributed by atoms with Gasteiger partial charge in [0.25, 0.3) is 11.6 Å². The van der Waals surface area contributed by atoms with Gasteiger partial charge in [0.1, 0.15) is 5.02 Å². The van der Waals surface area contributed by atoms with E-state index in [1.54, 1.807) is 25.1 Å². The Kier molecular flexibility index (Phi) is 5.71. The van der Waals surface area contributed by atoms with Gasteiger partial charge in [-0.3, -0.25) is 20.2 Å². The van der Waals surface area contributed by atoms with Crippen LogP contribution in [-0.2, 0) is 0 Å². The molecule has 2 N–H and O–H groups in total. The van der Waals surface area contributed by atoms with E-state index in [-0.39, 0.29) is 21.4 Å². The molecule has 0 radical (unpaired) electrons. The molecule has 0 saturated heterocycles. The molecule has 2 aromatic carbocycles. The number of nitro groups is 1. The molecule has 0 aliphatic heterocycles. The minimum absolute atomic E-state index is 0.0444. The van der Waals surface area contributed by atoms with Crippen LogP contribution in [0.4, 0.5) is 11.4 Å². The number of rotatable bonds is 3. The van der Waals surface area contributed by atoms with Crippen molar-refractivity contribution in [3.8, 4) is 0 Å². The van der Waals surface area contributed by atoms with Crippen LogP contribution in [0.5, 0.6) is 0 Å². The number of halogens is 2. The highest BCUT2D eigenvalue weighted by molar-refractivity contribution is 7.80. The number of nitro benzene ring substituents is 1. The van der Waals surface area contributed by atoms with E-state index in [1.165, 1.54) is 12.1 Å². The van der Waals surface area contributed by atoms with Crippen LogP contribution in [-0.4, -0.2) is 15.9 Å². The SMILES string of the molecule is Cc1c(Cl)cccc1NC(=S)NC(=O)c1ccc(Cl)c([N+](=O)[O-])c1. The largest absolute Gasteiger partial charge is 0.332 e. The average molecular weight is 384 g/mol. The first-order valence-electron chi connectivity index (χ1n) is 6.61. The summed E-state index contributed by atoms with van der Waals surface area (Å²) in [6.45, 7) is 1.80. The Hall–Kier alpha value is -2.22. The van der Waals surface area contributed by atoms with Gasteiger partial charge >= 0.3 is 0 Å². The maximum atomic E-state index is 12.2. The number of hydrogen-bond donors (Lipinski definition) is 2. The maximum Gasteiger partial charge on any atom is 0.288 e. The summed E-state index contributed by atoms with van der Waals surface area (Å²) in [7, 11) is 0. The molecule has 0 aromatic heterocycles. The zero-order chi connectivity index (χ0) is 17.9. The Bertz CT molecular complexity index is 843. The molecular formula is C15H11Cl2N3O3S. The molecule has 0 unspecified atom stereocenters. The summed E-state index contributed by atoms with van der Waals surface area (Å²) in [4.78, 5) is 22.4. The van der Waals surface area contributed by atoms with Gasteiger partial charge in [-0.15, -0.1) is 0 Å². The summed E-state index contributed by atoms with van der Waals surface area (Å²) in [6, 6.07) is 8.98. The molecule has 124 valence electrons. The van der Waals surface area contributed by atoms with Gasteiger partial charge in [-0.25, -0.2) is 0 Å². The fourth-order valence-electron chi connectivity index (χ4n) is 1.87. The highest BCUT2D eigenvalue weighted by atomic mass is 35.5. The second-order valence-corrected chi connectivity index (χ2v) is 5.97. The number of hydrogen-bond acceptors (Lipinski definition) is 4. The summed E-state index contributed by atoms with van der Waals surface area (Å²) in [6.07, 6.45) is 0. The smallest absolute Gasteiger partial charge is 0.288 e. The first-order chi connectivity index (χ1) is 11.3. The lowest BCUT2D eigenvalue weighted by atomic mass is 10.2. The summed E-state index contributed by atoms with van der Waals surface area (Å²) in [5, 5.41) is 16.7. The monoisotopic (exact) mass is 383 g/mol. The first kappa shape index (κ1) is 18.1. The van der Waals surface area contributed by atoms with Gasteiger partial charge in [-0.05, 0) is 49.0 Å². The Morgan fingerprint density at radius 3 is 2.58 bits per heavy atom. The summed E-state index contributed by atoms with van der Waals surface area (Å²) < 4.78 is 0. The normalized spacial score (nSPS) is 10.1. The van der Waals surface area contributed by atoms with Gasteiger partial charge in [0, 0.05) is 22.3 Å². The zero-order valence-corrected chi connectivity index (χ0v) is 14.6. The number of benzene rings is 2. The van der Waals surface area contributed by atoms with Crippen LogP contribution in [0.1, 0.15) is 15.9 Å². The quantitative estimate of drug-likeness (QED) is 0.467. The van der Waals surface area contributed by atoms with Crippen molar-refractivity contribution in [3.05, 3.63) is 67.7 Å². The molecule has 24 heavy (non-hydrogen) atoms. The van der Waals surface area contributed by atoms with Crippen molar-refractivity contribution in [3.63, 3.8) is 0 Å². The topological polar surface area (TPSA) is 84.3 Å². The van der Waals surface area contributed by atoms with Crippen LogP contribution >= 0.6 is 35.4 Å². The van der Waals surface area contributed by atoms with Gasteiger partial charge in [0.2, 0.25) is 0 Å². The summed E-state index contributed by atoms with van der Waals surface area (Å²) >= 11 is 16.8. The Balaban J connectivity index is 2.12. The second-order valence-electron chi connectivity index (χ2n) is 4.74. The lowest BCUT2D eigenvalue weighted by Gasteiger charge is -2.12.